The van der Waals surface area contributed by atoms with E-state index in [2.05, 4.69) is 0 Å². The zero-order chi connectivity index (χ0) is 18.5. The predicted molar refractivity (Wildman–Crippen MR) is 102 cm³/mol. The molecule has 0 saturated heterocycles. The third kappa shape index (κ3) is 2.43. The zero-order valence-electron chi connectivity index (χ0n) is 13.8. The number of hydrogen-bond acceptors (Lipinski definition) is 3. The summed E-state index contributed by atoms with van der Waals surface area (Å²) in [6.45, 7) is 1.92. The highest BCUT2D eigenvalue weighted by Crippen LogP contribution is 2.44. The molecule has 0 bridgehead atoms. The highest BCUT2D eigenvalue weighted by molar-refractivity contribution is 7.94. The average Bonchev–Trinajstić information content (AvgIpc) is 2.62. The van der Waals surface area contributed by atoms with Crippen molar-refractivity contribution in [3.8, 4) is 11.1 Å². The largest absolute Gasteiger partial charge is 0.273 e. The Bertz CT molecular complexity index is 1160. The first-order valence-corrected chi connectivity index (χ1v) is 9.77. The molecule has 0 spiro atoms. The molecule has 0 saturated carbocycles. The number of hydrogen-bond donors (Lipinski definition) is 0. The third-order valence-electron chi connectivity index (χ3n) is 4.36. The van der Waals surface area contributed by atoms with Crippen LogP contribution in [0.15, 0.2) is 71.6 Å². The minimum atomic E-state index is -4.05. The van der Waals surface area contributed by atoms with Crippen molar-refractivity contribution >= 4 is 33.2 Å². The molecule has 0 N–H and O–H groups in total. The molecule has 3 aromatic rings. The van der Waals surface area contributed by atoms with E-state index in [1.165, 1.54) is 12.1 Å². The quantitative estimate of drug-likeness (QED) is 0.613. The lowest BCUT2D eigenvalue weighted by Crippen LogP contribution is -2.39. The summed E-state index contributed by atoms with van der Waals surface area (Å²) in [6.07, 6.45) is 0. The first kappa shape index (κ1) is 16.8. The highest BCUT2D eigenvalue weighted by atomic mass is 35.5. The van der Waals surface area contributed by atoms with E-state index in [4.69, 9.17) is 11.6 Å². The number of sulfonamides is 1. The molecule has 0 atom stereocenters. The lowest BCUT2D eigenvalue weighted by atomic mass is 10.0. The number of nitrogens with zero attached hydrogens (tertiary/aromatic N) is 1. The van der Waals surface area contributed by atoms with Gasteiger partial charge in [-0.2, -0.15) is 4.31 Å². The predicted octanol–water partition coefficient (Wildman–Crippen LogP) is 4.66. The molecule has 1 aliphatic heterocycles. The molecule has 0 unspecified atom stereocenters. The summed E-state index contributed by atoms with van der Waals surface area (Å²) in [6, 6.07) is 18.5. The van der Waals surface area contributed by atoms with Crippen molar-refractivity contribution in [1.29, 1.82) is 0 Å². The second-order valence-electron chi connectivity index (χ2n) is 6.07. The fourth-order valence-corrected chi connectivity index (χ4v) is 5.00. The summed E-state index contributed by atoms with van der Waals surface area (Å²) in [5.41, 5.74) is 2.75. The Balaban J connectivity index is 2.02. The van der Waals surface area contributed by atoms with Crippen LogP contribution in [0.4, 0.5) is 5.69 Å². The molecule has 0 aromatic heterocycles. The van der Waals surface area contributed by atoms with Crippen molar-refractivity contribution in [2.24, 2.45) is 0 Å². The van der Waals surface area contributed by atoms with E-state index >= 15 is 0 Å². The van der Waals surface area contributed by atoms with Crippen molar-refractivity contribution in [1.82, 2.24) is 0 Å². The number of fused-ring (bicyclic) bond motifs is 3. The molecule has 4 rings (SSSR count). The molecule has 130 valence electrons. The van der Waals surface area contributed by atoms with E-state index in [1.54, 1.807) is 48.5 Å². The summed E-state index contributed by atoms with van der Waals surface area (Å²) in [7, 11) is -4.05. The van der Waals surface area contributed by atoms with Crippen LogP contribution in [0.5, 0.6) is 0 Å². The van der Waals surface area contributed by atoms with E-state index in [-0.39, 0.29) is 15.5 Å². The van der Waals surface area contributed by atoms with Gasteiger partial charge in [0.25, 0.3) is 15.9 Å². The van der Waals surface area contributed by atoms with Crippen molar-refractivity contribution in [2.75, 3.05) is 4.31 Å². The summed E-state index contributed by atoms with van der Waals surface area (Å²) >= 11 is 6.14. The minimum Gasteiger partial charge on any atom is -0.268 e. The topological polar surface area (TPSA) is 54.5 Å². The fraction of sp³-hybridized carbons (Fsp3) is 0.0500. The number of halogens is 1. The van der Waals surface area contributed by atoms with Gasteiger partial charge in [0.1, 0.15) is 0 Å². The summed E-state index contributed by atoms with van der Waals surface area (Å²) in [5.74, 6) is -0.671. The van der Waals surface area contributed by atoms with E-state index in [0.717, 1.165) is 9.87 Å². The van der Waals surface area contributed by atoms with Gasteiger partial charge in [0.15, 0.2) is 0 Å². The molecule has 0 fully saturated rings. The third-order valence-corrected chi connectivity index (χ3v) is 6.44. The van der Waals surface area contributed by atoms with Gasteiger partial charge in [-0.1, -0.05) is 53.6 Å². The van der Waals surface area contributed by atoms with Crippen molar-refractivity contribution in [2.45, 2.75) is 11.8 Å². The maximum atomic E-state index is 13.2. The van der Waals surface area contributed by atoms with Gasteiger partial charge in [0, 0.05) is 11.1 Å². The Hall–Kier alpha value is -2.63. The Kier molecular flexibility index (Phi) is 3.86. The number of amides is 1. The standard InChI is InChI=1S/C20H14ClNO3S/c1-13-10-11-18-16(12-13)14-6-3-5-9-19(14)26(24,25)22(18)20(23)15-7-2-4-8-17(15)21/h2-12H,1H3. The van der Waals surface area contributed by atoms with Crippen molar-refractivity contribution < 1.29 is 13.2 Å². The molecule has 3 aromatic carbocycles. The molecular formula is C20H14ClNO3S. The number of anilines is 1. The maximum absolute atomic E-state index is 13.2. The minimum absolute atomic E-state index is 0.110. The Morgan fingerprint density at radius 1 is 0.923 bits per heavy atom. The van der Waals surface area contributed by atoms with Gasteiger partial charge >= 0.3 is 0 Å². The second-order valence-corrected chi connectivity index (χ2v) is 8.23. The first-order valence-electron chi connectivity index (χ1n) is 7.95. The van der Waals surface area contributed by atoms with Crippen LogP contribution in [0.2, 0.25) is 5.02 Å². The van der Waals surface area contributed by atoms with E-state index in [9.17, 15) is 13.2 Å². The van der Waals surface area contributed by atoms with E-state index < -0.39 is 15.9 Å². The molecule has 6 heteroatoms. The molecule has 4 nitrogen and oxygen atoms in total. The maximum Gasteiger partial charge on any atom is 0.273 e. The molecule has 1 aliphatic rings. The van der Waals surface area contributed by atoms with Gasteiger partial charge in [-0.15, -0.1) is 0 Å². The number of rotatable bonds is 1. The molecule has 0 aliphatic carbocycles. The molecule has 0 radical (unpaired) electrons. The normalized spacial score (nSPS) is 14.5. The Labute approximate surface area is 156 Å². The number of carbonyl (C=O) groups excluding carboxylic acids is 1. The van der Waals surface area contributed by atoms with Gasteiger partial charge in [-0.25, -0.2) is 8.42 Å². The monoisotopic (exact) mass is 383 g/mol. The van der Waals surface area contributed by atoms with Gasteiger partial charge in [0.2, 0.25) is 0 Å². The Morgan fingerprint density at radius 2 is 1.62 bits per heavy atom. The summed E-state index contributed by atoms with van der Waals surface area (Å²) < 4.78 is 27.3. The smallest absolute Gasteiger partial charge is 0.268 e. The second kappa shape index (κ2) is 5.97. The van der Waals surface area contributed by atoms with Gasteiger partial charge in [0.05, 0.1) is 21.2 Å². The SMILES string of the molecule is Cc1ccc2c(c1)-c1ccccc1S(=O)(=O)N2C(=O)c1ccccc1Cl. The molecule has 26 heavy (non-hydrogen) atoms. The van der Waals surface area contributed by atoms with Gasteiger partial charge in [-0.3, -0.25) is 4.79 Å². The van der Waals surface area contributed by atoms with Crippen LogP contribution in [0.3, 0.4) is 0 Å². The van der Waals surface area contributed by atoms with Gasteiger partial charge < -0.3 is 0 Å². The van der Waals surface area contributed by atoms with Crippen LogP contribution in [0, 0.1) is 6.92 Å². The Morgan fingerprint density at radius 3 is 2.38 bits per heavy atom. The first-order chi connectivity index (χ1) is 12.4. The van der Waals surface area contributed by atoms with Crippen LogP contribution in [-0.2, 0) is 10.0 Å². The lowest BCUT2D eigenvalue weighted by Gasteiger charge is -2.31. The zero-order valence-corrected chi connectivity index (χ0v) is 15.4. The number of aryl methyl sites for hydroxylation is 1. The van der Waals surface area contributed by atoms with Crippen LogP contribution >= 0.6 is 11.6 Å². The van der Waals surface area contributed by atoms with Crippen LogP contribution in [0.1, 0.15) is 15.9 Å². The van der Waals surface area contributed by atoms with Crippen molar-refractivity contribution in [3.05, 3.63) is 82.9 Å². The van der Waals surface area contributed by atoms with Crippen LogP contribution in [0.25, 0.3) is 11.1 Å². The van der Waals surface area contributed by atoms with Crippen molar-refractivity contribution in [3.63, 3.8) is 0 Å². The number of benzene rings is 3. The summed E-state index contributed by atoms with van der Waals surface area (Å²) in [5, 5.41) is 0.209. The highest BCUT2D eigenvalue weighted by Gasteiger charge is 2.39. The van der Waals surface area contributed by atoms with Crippen LogP contribution in [-0.4, -0.2) is 14.3 Å². The fourth-order valence-electron chi connectivity index (χ4n) is 3.15. The lowest BCUT2D eigenvalue weighted by molar-refractivity contribution is 0.101. The summed E-state index contributed by atoms with van der Waals surface area (Å²) in [4.78, 5) is 13.3. The van der Waals surface area contributed by atoms with Crippen LogP contribution < -0.4 is 4.31 Å². The van der Waals surface area contributed by atoms with Gasteiger partial charge in [-0.05, 0) is 37.3 Å². The molecule has 1 amide bonds. The number of carbonyl (C=O) groups is 1. The molecule has 1 heterocycles. The van der Waals surface area contributed by atoms with E-state index in [1.807, 2.05) is 13.0 Å². The average molecular weight is 384 g/mol. The van der Waals surface area contributed by atoms with E-state index in [0.29, 0.717) is 16.8 Å². The molecular weight excluding hydrogens is 370 g/mol.